The van der Waals surface area contributed by atoms with Crippen LogP contribution in [0.25, 0.3) is 0 Å². The van der Waals surface area contributed by atoms with E-state index in [-0.39, 0.29) is 23.4 Å². The zero-order valence-corrected chi connectivity index (χ0v) is 20.9. The molecule has 1 fully saturated rings. The number of hydrogen-bond acceptors (Lipinski definition) is 6. The molecule has 1 saturated heterocycles. The number of ketones is 2. The molecule has 2 aliphatic rings. The van der Waals surface area contributed by atoms with Gasteiger partial charge in [-0.1, -0.05) is 48.5 Å². The van der Waals surface area contributed by atoms with E-state index in [4.69, 9.17) is 0 Å². The van der Waals surface area contributed by atoms with Crippen molar-refractivity contribution in [3.8, 4) is 0 Å². The fraction of sp³-hybridized carbons (Fsp3) is 0.194. The Hall–Kier alpha value is -4.49. The van der Waals surface area contributed by atoms with Gasteiger partial charge in [-0.3, -0.25) is 29.3 Å². The molecule has 0 spiro atoms. The first kappa shape index (κ1) is 23.9. The second kappa shape index (κ2) is 9.43. The van der Waals surface area contributed by atoms with Gasteiger partial charge in [0.1, 0.15) is 5.69 Å². The van der Waals surface area contributed by atoms with Crippen molar-refractivity contribution < 1.29 is 14.4 Å². The third-order valence-corrected chi connectivity index (χ3v) is 7.72. The Bertz CT molecular complexity index is 1550. The van der Waals surface area contributed by atoms with Crippen molar-refractivity contribution in [3.05, 3.63) is 130 Å². The van der Waals surface area contributed by atoms with Crippen LogP contribution in [-0.4, -0.2) is 44.5 Å². The zero-order valence-electron chi connectivity index (χ0n) is 20.9. The Morgan fingerprint density at radius 3 is 2.21 bits per heavy atom. The zero-order chi connectivity index (χ0) is 26.3. The van der Waals surface area contributed by atoms with Crippen molar-refractivity contribution in [1.29, 1.82) is 0 Å². The lowest BCUT2D eigenvalue weighted by Gasteiger charge is -2.40. The molecule has 1 amide bonds. The maximum absolute atomic E-state index is 13.4. The Morgan fingerprint density at radius 1 is 0.868 bits per heavy atom. The predicted molar refractivity (Wildman–Crippen MR) is 142 cm³/mol. The molecule has 6 rings (SSSR count). The fourth-order valence-electron chi connectivity index (χ4n) is 5.73. The molecule has 2 aromatic heterocycles. The van der Waals surface area contributed by atoms with E-state index in [2.05, 4.69) is 20.2 Å². The summed E-state index contributed by atoms with van der Waals surface area (Å²) < 4.78 is 0. The normalized spacial score (nSPS) is 20.6. The highest BCUT2D eigenvalue weighted by Gasteiger charge is 2.47. The summed E-state index contributed by atoms with van der Waals surface area (Å²) in [7, 11) is 0. The summed E-state index contributed by atoms with van der Waals surface area (Å²) in [6.45, 7) is 3.27. The van der Waals surface area contributed by atoms with Crippen LogP contribution in [0, 0.1) is 0 Å². The van der Waals surface area contributed by atoms with E-state index >= 15 is 0 Å². The van der Waals surface area contributed by atoms with E-state index in [0.29, 0.717) is 41.0 Å². The van der Waals surface area contributed by atoms with Crippen LogP contribution < -0.4 is 5.32 Å². The molecule has 4 aromatic rings. The fourth-order valence-corrected chi connectivity index (χ4v) is 5.73. The highest BCUT2D eigenvalue weighted by Crippen LogP contribution is 2.42. The number of carbonyl (C=O) groups is 3. The van der Waals surface area contributed by atoms with Crippen LogP contribution in [0.5, 0.6) is 0 Å². The summed E-state index contributed by atoms with van der Waals surface area (Å²) in [5, 5.41) is 3.25. The van der Waals surface area contributed by atoms with Crippen LogP contribution in [-0.2, 0) is 6.54 Å². The molecule has 38 heavy (non-hydrogen) atoms. The van der Waals surface area contributed by atoms with Crippen molar-refractivity contribution >= 4 is 17.5 Å². The van der Waals surface area contributed by atoms with E-state index < -0.39 is 5.66 Å². The first-order chi connectivity index (χ1) is 18.5. The molecule has 3 heterocycles. The van der Waals surface area contributed by atoms with E-state index in [1.54, 1.807) is 60.9 Å². The average molecular weight is 503 g/mol. The predicted octanol–water partition coefficient (Wildman–Crippen LogP) is 4.39. The van der Waals surface area contributed by atoms with Crippen LogP contribution in [0.3, 0.4) is 0 Å². The number of fused-ring (bicyclic) bond motifs is 2. The van der Waals surface area contributed by atoms with Gasteiger partial charge in [0.15, 0.2) is 11.6 Å². The molecule has 2 atom stereocenters. The maximum atomic E-state index is 13.4. The van der Waals surface area contributed by atoms with Crippen molar-refractivity contribution in [2.24, 2.45) is 0 Å². The summed E-state index contributed by atoms with van der Waals surface area (Å²) in [6.07, 6.45) is 4.11. The second-order valence-corrected chi connectivity index (χ2v) is 9.91. The first-order valence-corrected chi connectivity index (χ1v) is 12.7. The van der Waals surface area contributed by atoms with Gasteiger partial charge in [0, 0.05) is 53.7 Å². The summed E-state index contributed by atoms with van der Waals surface area (Å²) in [5.74, 6) is -0.704. The number of nitrogens with one attached hydrogen (secondary N) is 1. The monoisotopic (exact) mass is 502 g/mol. The minimum absolute atomic E-state index is 0.135. The van der Waals surface area contributed by atoms with Gasteiger partial charge in [0.25, 0.3) is 5.91 Å². The highest BCUT2D eigenvalue weighted by molar-refractivity contribution is 6.28. The van der Waals surface area contributed by atoms with Gasteiger partial charge in [-0.05, 0) is 49.2 Å². The van der Waals surface area contributed by atoms with Crippen LogP contribution >= 0.6 is 0 Å². The lowest BCUT2D eigenvalue weighted by molar-refractivity contribution is 0.0650. The molecule has 2 unspecified atom stereocenters. The van der Waals surface area contributed by atoms with Crippen molar-refractivity contribution in [2.45, 2.75) is 31.5 Å². The maximum Gasteiger partial charge on any atom is 0.271 e. The third-order valence-electron chi connectivity index (χ3n) is 7.72. The minimum atomic E-state index is -0.792. The minimum Gasteiger partial charge on any atom is -0.332 e. The van der Waals surface area contributed by atoms with Gasteiger partial charge in [-0.25, -0.2) is 0 Å². The largest absolute Gasteiger partial charge is 0.332 e. The second-order valence-electron chi connectivity index (χ2n) is 9.91. The lowest BCUT2D eigenvalue weighted by Crippen LogP contribution is -2.57. The van der Waals surface area contributed by atoms with Gasteiger partial charge >= 0.3 is 0 Å². The van der Waals surface area contributed by atoms with Crippen LogP contribution in [0.1, 0.15) is 72.9 Å². The number of likely N-dealkylation sites (tertiary alicyclic amines) is 1. The Kier molecular flexibility index (Phi) is 5.93. The molecule has 0 bridgehead atoms. The summed E-state index contributed by atoms with van der Waals surface area (Å²) in [4.78, 5) is 50.8. The first-order valence-electron chi connectivity index (χ1n) is 12.7. The number of benzene rings is 2. The highest BCUT2D eigenvalue weighted by atomic mass is 16.2. The molecule has 1 aliphatic carbocycles. The van der Waals surface area contributed by atoms with Gasteiger partial charge < -0.3 is 5.32 Å². The van der Waals surface area contributed by atoms with E-state index in [1.807, 2.05) is 37.3 Å². The number of pyridine rings is 2. The molecule has 1 aliphatic heterocycles. The Balaban J connectivity index is 1.38. The van der Waals surface area contributed by atoms with Gasteiger partial charge in [0.05, 0.1) is 11.4 Å². The molecule has 2 aromatic carbocycles. The number of rotatable bonds is 5. The molecular weight excluding hydrogens is 476 g/mol. The molecule has 7 nitrogen and oxygen atoms in total. The molecule has 0 radical (unpaired) electrons. The molecular formula is C31H26N4O3. The number of hydrogen-bond donors (Lipinski definition) is 1. The number of nitrogens with zero attached hydrogens (tertiary/aromatic N) is 3. The lowest BCUT2D eigenvalue weighted by atomic mass is 9.80. The van der Waals surface area contributed by atoms with E-state index in [0.717, 1.165) is 17.7 Å². The van der Waals surface area contributed by atoms with Gasteiger partial charge in [-0.15, -0.1) is 0 Å². The topological polar surface area (TPSA) is 92.3 Å². The smallest absolute Gasteiger partial charge is 0.271 e. The molecule has 188 valence electrons. The summed E-state index contributed by atoms with van der Waals surface area (Å²) >= 11 is 0. The van der Waals surface area contributed by atoms with Crippen molar-refractivity contribution in [3.63, 3.8) is 0 Å². The van der Waals surface area contributed by atoms with Gasteiger partial charge in [0.2, 0.25) is 0 Å². The third kappa shape index (κ3) is 4.01. The SMILES string of the molecule is CC1(NC(=O)c2ccccn2)C(c2ccc3c(c2)C(=O)c2ccccc2C3=O)CCN1Cc1ccccn1. The molecule has 1 N–H and O–H groups in total. The quantitative estimate of drug-likeness (QED) is 0.383. The summed E-state index contributed by atoms with van der Waals surface area (Å²) in [5.41, 5.74) is 3.03. The van der Waals surface area contributed by atoms with Crippen LogP contribution in [0.2, 0.25) is 0 Å². The standard InChI is InChI=1S/C31H26N4O3/c1-31(34-30(38)27-11-5-7-16-33-27)26(14-17-35(31)19-21-8-4-6-15-32-21)20-12-13-24-25(18-20)29(37)23-10-3-2-9-22(23)28(24)36/h2-13,15-16,18,26H,14,17,19H2,1H3,(H,34,38). The number of aromatic nitrogens is 2. The molecule has 7 heteroatoms. The van der Waals surface area contributed by atoms with Crippen LogP contribution in [0.4, 0.5) is 0 Å². The number of carbonyl (C=O) groups excluding carboxylic acids is 3. The van der Waals surface area contributed by atoms with E-state index in [9.17, 15) is 14.4 Å². The van der Waals surface area contributed by atoms with Crippen molar-refractivity contribution in [2.75, 3.05) is 6.54 Å². The van der Waals surface area contributed by atoms with Crippen molar-refractivity contribution in [1.82, 2.24) is 20.2 Å². The Labute approximate surface area is 220 Å². The molecule has 0 saturated carbocycles. The average Bonchev–Trinajstić information content (AvgIpc) is 3.27. The number of amides is 1. The van der Waals surface area contributed by atoms with Crippen LogP contribution in [0.15, 0.2) is 91.3 Å². The van der Waals surface area contributed by atoms with E-state index in [1.165, 1.54) is 0 Å². The van der Waals surface area contributed by atoms with Gasteiger partial charge in [-0.2, -0.15) is 0 Å². The Morgan fingerprint density at radius 2 is 1.53 bits per heavy atom. The summed E-state index contributed by atoms with van der Waals surface area (Å²) in [6, 6.07) is 23.5.